The van der Waals surface area contributed by atoms with Crippen molar-refractivity contribution in [2.75, 3.05) is 36.0 Å². The van der Waals surface area contributed by atoms with Gasteiger partial charge < -0.3 is 68.8 Å². The zero-order valence-electron chi connectivity index (χ0n) is 49.4. The Bertz CT molecular complexity index is 3520. The number of phenolic OH excluding ortho intramolecular Hbond substituents is 1. The highest BCUT2D eigenvalue weighted by Crippen LogP contribution is 2.48. The third kappa shape index (κ3) is 20.0. The number of carbonyl (C=O) groups is 9. The number of unbranched alkanes of at least 4 members (excludes halogenated alkanes) is 1. The summed E-state index contributed by atoms with van der Waals surface area (Å²) in [5.74, 6) is -7.16. The summed E-state index contributed by atoms with van der Waals surface area (Å²) >= 11 is 6.88. The number of aromatic nitrogens is 1. The van der Waals surface area contributed by atoms with Crippen LogP contribution in [0.5, 0.6) is 5.75 Å². The van der Waals surface area contributed by atoms with Crippen molar-refractivity contribution in [3.8, 4) is 5.75 Å². The molecule has 4 atom stereocenters. The number of carboxylic acids is 1. The van der Waals surface area contributed by atoms with E-state index in [0.29, 0.717) is 29.7 Å². The summed E-state index contributed by atoms with van der Waals surface area (Å²) in [4.78, 5) is 122. The van der Waals surface area contributed by atoms with Gasteiger partial charge >= 0.3 is 5.97 Å². The second kappa shape index (κ2) is 33.9. The zero-order valence-corrected chi connectivity index (χ0v) is 51.1. The number of nitrogens with two attached hydrogens (primary N) is 1. The number of carbonyl (C=O) groups excluding carboxylic acids is 8. The van der Waals surface area contributed by atoms with Gasteiger partial charge in [-0.15, -0.1) is 11.8 Å². The first-order chi connectivity index (χ1) is 43.4. The van der Waals surface area contributed by atoms with Crippen LogP contribution < -0.4 is 53.6 Å². The molecular weight excluding hydrogens is 1190 g/mol. The molecule has 0 saturated heterocycles. The highest BCUT2D eigenvalue weighted by atomic mass is 32.2. The molecule has 0 aliphatic rings. The normalized spacial score (nSPS) is 12.4. The van der Waals surface area contributed by atoms with Crippen LogP contribution in [0.25, 0.3) is 10.9 Å². The minimum absolute atomic E-state index is 0.00124. The van der Waals surface area contributed by atoms with Crippen molar-refractivity contribution < 1.29 is 53.4 Å². The van der Waals surface area contributed by atoms with Crippen molar-refractivity contribution in [3.05, 3.63) is 198 Å². The molecule has 7 aromatic rings. The van der Waals surface area contributed by atoms with Gasteiger partial charge in [0.25, 0.3) is 0 Å². The van der Waals surface area contributed by atoms with E-state index in [1.165, 1.54) is 30.0 Å². The van der Waals surface area contributed by atoms with E-state index in [9.17, 15) is 53.4 Å². The Morgan fingerprint density at radius 2 is 1.14 bits per heavy atom. The first-order valence-corrected chi connectivity index (χ1v) is 30.6. The predicted octanol–water partition coefficient (Wildman–Crippen LogP) is 5.41. The van der Waals surface area contributed by atoms with Crippen molar-refractivity contribution in [2.45, 2.75) is 87.2 Å². The number of nitrogens with one attached hydrogen (secondary N) is 10. The summed E-state index contributed by atoms with van der Waals surface area (Å²) in [7, 11) is 0. The molecule has 8 amide bonds. The number of aromatic amines is 1. The summed E-state index contributed by atoms with van der Waals surface area (Å²) in [5.41, 5.74) is 11.1. The van der Waals surface area contributed by atoms with Gasteiger partial charge in [-0.05, 0) is 70.7 Å². The quantitative estimate of drug-likeness (QED) is 0.0106. The molecule has 0 aliphatic carbocycles. The number of para-hydroxylation sites is 1. The summed E-state index contributed by atoms with van der Waals surface area (Å²) in [6.07, 6.45) is 1.60. The molecule has 1 aromatic heterocycles. The number of hydrogen-bond acceptors (Lipinski definition) is 12. The van der Waals surface area contributed by atoms with E-state index in [2.05, 4.69) is 52.8 Å². The largest absolute Gasteiger partial charge is 0.506 e. The molecule has 6 aromatic carbocycles. The third-order valence-electron chi connectivity index (χ3n) is 14.4. The minimum Gasteiger partial charge on any atom is -0.506 e. The van der Waals surface area contributed by atoms with E-state index in [4.69, 9.17) is 18.0 Å². The molecule has 470 valence electrons. The van der Waals surface area contributed by atoms with Gasteiger partial charge in [0.1, 0.15) is 29.9 Å². The molecule has 0 saturated carbocycles. The Hall–Kier alpha value is -10.1. The first kappa shape index (κ1) is 67.4. The second-order valence-corrected chi connectivity index (χ2v) is 22.7. The Kier molecular flexibility index (Phi) is 25.4. The molecule has 0 aliphatic heterocycles. The topological polar surface area (TPSA) is 344 Å². The van der Waals surface area contributed by atoms with Crippen molar-refractivity contribution in [3.63, 3.8) is 0 Å². The van der Waals surface area contributed by atoms with Crippen molar-refractivity contribution in [1.82, 2.24) is 42.2 Å². The highest BCUT2D eigenvalue weighted by Gasteiger charge is 2.38. The van der Waals surface area contributed by atoms with Gasteiger partial charge in [-0.25, -0.2) is 0 Å². The van der Waals surface area contributed by atoms with Gasteiger partial charge in [0.15, 0.2) is 5.11 Å². The zero-order chi connectivity index (χ0) is 64.4. The van der Waals surface area contributed by atoms with Gasteiger partial charge in [0.2, 0.25) is 47.3 Å². The summed E-state index contributed by atoms with van der Waals surface area (Å²) in [5, 5.41) is 45.4. The van der Waals surface area contributed by atoms with E-state index in [-0.39, 0.29) is 79.9 Å². The maximum Gasteiger partial charge on any atom is 0.305 e. The number of H-pyrrole nitrogens is 1. The standard InChI is InChI=1S/C66H73N11O11S2/c1-2-3-27-50(62(86)77-54(38-60(83)84)64(88)76-52(61(67)85)35-42-18-8-4-9-19-42)75-63(87)53(36-43-39-70-49-28-17-16-26-48(43)49)74-57(80)32-33-68-56(79)31-34-69-65(89)72-47-29-30-55(78)51(37-47)73-58(81)40-71-59(82)41-90-66(44-20-10-5-11-21-44,45-22-12-6-13-23-45)46-24-14-7-15-25-46/h4-26,28-30,37,39,50,52-54,70,78H,2-3,27,31-36,38,40-41H2,1H3,(H2,67,85)(H,68,79)(H,71,82)(H,73,81)(H,74,80)(H,75,87)(H,76,88)(H,77,86)(H,83,84)(H2,69,72,89)/t50-,52-,53-,54-/m0/s1. The number of fused-ring (bicyclic) bond motifs is 1. The first-order valence-electron chi connectivity index (χ1n) is 29.2. The van der Waals surface area contributed by atoms with Crippen molar-refractivity contribution >= 4 is 105 Å². The van der Waals surface area contributed by atoms with E-state index in [1.807, 2.05) is 122 Å². The van der Waals surface area contributed by atoms with Crippen molar-refractivity contribution in [2.24, 2.45) is 5.73 Å². The molecule has 0 unspecified atom stereocenters. The lowest BCUT2D eigenvalue weighted by atomic mass is 9.84. The number of aromatic hydroxyl groups is 1. The van der Waals surface area contributed by atoms with E-state index >= 15 is 0 Å². The Balaban J connectivity index is 0.879. The molecular formula is C66H73N11O11S2. The lowest BCUT2D eigenvalue weighted by Crippen LogP contribution is -2.58. The number of aliphatic carboxylic acids is 1. The fraction of sp³-hybridized carbons (Fsp3) is 0.273. The number of hydrogen-bond donors (Lipinski definition) is 13. The van der Waals surface area contributed by atoms with Crippen LogP contribution in [0.4, 0.5) is 11.4 Å². The van der Waals surface area contributed by atoms with E-state index in [1.54, 1.807) is 36.5 Å². The fourth-order valence-electron chi connectivity index (χ4n) is 9.90. The molecule has 90 heavy (non-hydrogen) atoms. The molecule has 24 heteroatoms. The Morgan fingerprint density at radius 3 is 1.77 bits per heavy atom. The number of thioether (sulfide) groups is 1. The monoisotopic (exact) mass is 1260 g/mol. The number of rotatable bonds is 33. The van der Waals surface area contributed by atoms with Crippen LogP contribution in [-0.2, 0) is 60.7 Å². The lowest BCUT2D eigenvalue weighted by molar-refractivity contribution is -0.141. The van der Waals surface area contributed by atoms with Gasteiger partial charge in [-0.3, -0.25) is 43.2 Å². The van der Waals surface area contributed by atoms with Gasteiger partial charge in [0, 0.05) is 61.6 Å². The van der Waals surface area contributed by atoms with Crippen LogP contribution in [0.2, 0.25) is 0 Å². The van der Waals surface area contributed by atoms with Gasteiger partial charge in [0.05, 0.1) is 29.2 Å². The second-order valence-electron chi connectivity index (χ2n) is 21.1. The predicted molar refractivity (Wildman–Crippen MR) is 349 cm³/mol. The van der Waals surface area contributed by atoms with Gasteiger partial charge in [-0.2, -0.15) is 0 Å². The van der Waals surface area contributed by atoms with Crippen molar-refractivity contribution in [1.29, 1.82) is 0 Å². The summed E-state index contributed by atoms with van der Waals surface area (Å²) in [6.45, 7) is 1.43. The highest BCUT2D eigenvalue weighted by molar-refractivity contribution is 8.01. The maximum atomic E-state index is 14.3. The number of phenols is 1. The molecule has 0 fully saturated rings. The molecule has 0 bridgehead atoms. The van der Waals surface area contributed by atoms with Crippen LogP contribution in [0.15, 0.2) is 170 Å². The average Bonchev–Trinajstić information content (AvgIpc) is 0.968. The maximum absolute atomic E-state index is 14.3. The number of carboxylic acid groups (broad SMARTS) is 1. The van der Waals surface area contributed by atoms with Gasteiger partial charge in [-0.1, -0.05) is 159 Å². The molecule has 7 rings (SSSR count). The molecule has 22 nitrogen and oxygen atoms in total. The van der Waals surface area contributed by atoms with E-state index < -0.39 is 82.7 Å². The van der Waals surface area contributed by atoms with Crippen LogP contribution in [0.3, 0.4) is 0 Å². The Morgan fingerprint density at radius 1 is 0.589 bits per heavy atom. The number of anilines is 2. The number of amides is 8. The Labute approximate surface area is 530 Å². The van der Waals surface area contributed by atoms with Crippen LogP contribution in [0.1, 0.15) is 73.3 Å². The lowest BCUT2D eigenvalue weighted by Gasteiger charge is -2.35. The third-order valence-corrected chi connectivity index (χ3v) is 16.2. The van der Waals surface area contributed by atoms with E-state index in [0.717, 1.165) is 27.6 Å². The van der Waals surface area contributed by atoms with Crippen LogP contribution in [0, 0.1) is 0 Å². The molecule has 1 heterocycles. The summed E-state index contributed by atoms with van der Waals surface area (Å²) in [6, 6.07) is 44.6. The number of primary amides is 1. The fourth-order valence-corrected chi connectivity index (χ4v) is 11.5. The molecule has 14 N–H and O–H groups in total. The van der Waals surface area contributed by atoms with Crippen LogP contribution >= 0.6 is 24.0 Å². The molecule has 0 spiro atoms. The number of thiocarbonyl (C=S) groups is 1. The van der Waals surface area contributed by atoms with Crippen LogP contribution in [-0.4, -0.2) is 123 Å². The average molecular weight is 1260 g/mol. The smallest absolute Gasteiger partial charge is 0.305 e. The number of benzene rings is 6. The SMILES string of the molecule is CCCC[C@H](NC(=O)[C@H](Cc1c[nH]c2ccccc12)NC(=O)CCNC(=O)CCNC(=S)Nc1ccc(O)c(NC(=O)CNC(=O)CSC(c2ccccc2)(c2ccccc2)c2ccccc2)c1)C(=O)N[C@@H](CC(=O)O)C(=O)N[C@@H](Cc1ccccc1)C(N)=O. The summed E-state index contributed by atoms with van der Waals surface area (Å²) < 4.78 is -0.743. The minimum atomic E-state index is -1.67. The molecule has 0 radical (unpaired) electrons.